The van der Waals surface area contributed by atoms with Gasteiger partial charge in [-0.15, -0.1) is 5.10 Å². The van der Waals surface area contributed by atoms with Crippen LogP contribution in [-0.2, 0) is 24.4 Å². The number of aromatic nitrogens is 5. The van der Waals surface area contributed by atoms with E-state index < -0.39 is 0 Å². The van der Waals surface area contributed by atoms with Gasteiger partial charge in [-0.2, -0.15) is 0 Å². The molecule has 0 spiro atoms. The van der Waals surface area contributed by atoms with E-state index in [0.717, 1.165) is 48.2 Å². The second-order valence-corrected chi connectivity index (χ2v) is 10.1. The van der Waals surface area contributed by atoms with Crippen LogP contribution in [0.1, 0.15) is 54.7 Å². The molecule has 4 aromatic rings. The summed E-state index contributed by atoms with van der Waals surface area (Å²) in [6.45, 7) is 6.87. The summed E-state index contributed by atoms with van der Waals surface area (Å²) in [5.41, 5.74) is 3.63. The molecule has 4 heterocycles. The van der Waals surface area contributed by atoms with Crippen molar-refractivity contribution in [1.29, 1.82) is 0 Å². The minimum atomic E-state index is -0.126. The minimum absolute atomic E-state index is 0.0976. The minimum Gasteiger partial charge on any atom is -0.454 e. The summed E-state index contributed by atoms with van der Waals surface area (Å²) in [7, 11) is 0. The Labute approximate surface area is 220 Å². The van der Waals surface area contributed by atoms with Gasteiger partial charge in [-0.05, 0) is 54.3 Å². The Bertz CT molecular complexity index is 1480. The van der Waals surface area contributed by atoms with Crippen LogP contribution in [0.3, 0.4) is 0 Å². The number of pyridine rings is 1. The number of fused-ring (bicyclic) bond motifs is 2. The largest absolute Gasteiger partial charge is 0.454 e. The van der Waals surface area contributed by atoms with Gasteiger partial charge in [0.25, 0.3) is 5.56 Å². The standard InChI is InChI=1S/C28H32N6O4/c1-3-24(27-30-31-32-34(27)16-22-5-4-10-36-22)33(14-19-8-6-18(2)7-9-19)15-21-11-20-12-25-26(38-17-37-25)13-23(20)29-28(21)35/h6-9,11-13,22,24H,3-5,10,14-17H2,1-2H3,(H,29,35)/t22-,24+/m1/s1. The Hall–Kier alpha value is -3.76. The van der Waals surface area contributed by atoms with E-state index in [2.05, 4.69) is 63.5 Å². The van der Waals surface area contributed by atoms with Crippen LogP contribution in [-0.4, -0.2) is 49.6 Å². The summed E-state index contributed by atoms with van der Waals surface area (Å²) >= 11 is 0. The van der Waals surface area contributed by atoms with Crippen molar-refractivity contribution in [2.75, 3.05) is 13.4 Å². The molecule has 2 atom stereocenters. The first-order chi connectivity index (χ1) is 18.6. The van der Waals surface area contributed by atoms with Gasteiger partial charge >= 0.3 is 0 Å². The topological polar surface area (TPSA) is 107 Å². The van der Waals surface area contributed by atoms with Crippen LogP contribution >= 0.6 is 0 Å². The van der Waals surface area contributed by atoms with Crippen molar-refractivity contribution >= 4 is 10.9 Å². The van der Waals surface area contributed by atoms with Crippen molar-refractivity contribution in [3.8, 4) is 11.5 Å². The predicted octanol–water partition coefficient (Wildman–Crippen LogP) is 3.88. The number of benzene rings is 2. The lowest BCUT2D eigenvalue weighted by Gasteiger charge is -2.30. The number of rotatable bonds is 9. The maximum absolute atomic E-state index is 13.2. The van der Waals surface area contributed by atoms with Crippen molar-refractivity contribution in [1.82, 2.24) is 30.1 Å². The quantitative estimate of drug-likeness (QED) is 0.357. The molecular weight excluding hydrogens is 484 g/mol. The lowest BCUT2D eigenvalue weighted by atomic mass is 10.1. The number of ether oxygens (including phenoxy) is 3. The van der Waals surface area contributed by atoms with Gasteiger partial charge in [0.2, 0.25) is 6.79 Å². The van der Waals surface area contributed by atoms with Gasteiger partial charge in [0.15, 0.2) is 17.3 Å². The average Bonchev–Trinajstić information content (AvgIpc) is 3.68. The van der Waals surface area contributed by atoms with Crippen molar-refractivity contribution in [2.24, 2.45) is 0 Å². The van der Waals surface area contributed by atoms with Gasteiger partial charge < -0.3 is 19.2 Å². The molecule has 0 unspecified atom stereocenters. The van der Waals surface area contributed by atoms with E-state index in [1.165, 1.54) is 5.56 Å². The summed E-state index contributed by atoms with van der Waals surface area (Å²) in [5, 5.41) is 13.7. The van der Waals surface area contributed by atoms with Gasteiger partial charge in [0.1, 0.15) is 0 Å². The fraction of sp³-hybridized carbons (Fsp3) is 0.429. The molecule has 10 heteroatoms. The number of nitrogens with one attached hydrogen (secondary N) is 1. The second kappa shape index (κ2) is 10.5. The van der Waals surface area contributed by atoms with Crippen molar-refractivity contribution in [3.63, 3.8) is 0 Å². The molecule has 2 aliphatic rings. The summed E-state index contributed by atoms with van der Waals surface area (Å²) < 4.78 is 18.8. The molecule has 2 aliphatic heterocycles. The molecule has 2 aromatic carbocycles. The highest BCUT2D eigenvalue weighted by Gasteiger charge is 2.28. The zero-order chi connectivity index (χ0) is 26.1. The smallest absolute Gasteiger partial charge is 0.252 e. The highest BCUT2D eigenvalue weighted by molar-refractivity contribution is 5.83. The first-order valence-electron chi connectivity index (χ1n) is 13.2. The molecule has 1 fully saturated rings. The van der Waals surface area contributed by atoms with E-state index in [1.807, 2.05) is 22.9 Å². The Kier molecular flexibility index (Phi) is 6.82. The molecule has 0 aliphatic carbocycles. The van der Waals surface area contributed by atoms with Crippen molar-refractivity contribution < 1.29 is 14.2 Å². The second-order valence-electron chi connectivity index (χ2n) is 10.1. The Morgan fingerprint density at radius 2 is 1.95 bits per heavy atom. The van der Waals surface area contributed by atoms with Gasteiger partial charge in [0.05, 0.1) is 24.2 Å². The van der Waals surface area contributed by atoms with Crippen molar-refractivity contribution in [2.45, 2.75) is 64.9 Å². The van der Waals surface area contributed by atoms with Gasteiger partial charge in [-0.1, -0.05) is 36.8 Å². The summed E-state index contributed by atoms with van der Waals surface area (Å²) in [6.07, 6.45) is 2.97. The molecule has 0 bridgehead atoms. The fourth-order valence-electron chi connectivity index (χ4n) is 5.35. The molecule has 2 aromatic heterocycles. The van der Waals surface area contributed by atoms with Crippen LogP contribution in [0.2, 0.25) is 0 Å². The number of hydrogen-bond donors (Lipinski definition) is 1. The van der Waals surface area contributed by atoms with E-state index in [1.54, 1.807) is 0 Å². The number of aryl methyl sites for hydroxylation is 1. The summed E-state index contributed by atoms with van der Waals surface area (Å²) in [4.78, 5) is 18.6. The van der Waals surface area contributed by atoms with Gasteiger partial charge in [-0.25, -0.2) is 4.68 Å². The molecule has 38 heavy (non-hydrogen) atoms. The molecule has 198 valence electrons. The number of nitrogens with zero attached hydrogens (tertiary/aromatic N) is 5. The van der Waals surface area contributed by atoms with Crippen molar-refractivity contribution in [3.05, 3.63) is 75.3 Å². The van der Waals surface area contributed by atoms with Crippen LogP contribution in [0.5, 0.6) is 11.5 Å². The van der Waals surface area contributed by atoms with Crippen LogP contribution in [0.15, 0.2) is 47.3 Å². The molecule has 0 radical (unpaired) electrons. The monoisotopic (exact) mass is 516 g/mol. The number of hydrogen-bond acceptors (Lipinski definition) is 8. The maximum atomic E-state index is 13.2. The van der Waals surface area contributed by atoms with E-state index >= 15 is 0 Å². The zero-order valence-corrected chi connectivity index (χ0v) is 21.7. The highest BCUT2D eigenvalue weighted by atomic mass is 16.7. The molecule has 10 nitrogen and oxygen atoms in total. The molecule has 0 amide bonds. The van der Waals surface area contributed by atoms with Gasteiger partial charge in [-0.3, -0.25) is 9.69 Å². The number of aromatic amines is 1. The van der Waals surface area contributed by atoms with E-state index in [4.69, 9.17) is 14.2 Å². The Balaban J connectivity index is 1.35. The lowest BCUT2D eigenvalue weighted by molar-refractivity contribution is 0.0888. The number of tetrazole rings is 1. The van der Waals surface area contributed by atoms with E-state index in [-0.39, 0.29) is 24.5 Å². The molecule has 1 saturated heterocycles. The third-order valence-electron chi connectivity index (χ3n) is 7.38. The first kappa shape index (κ1) is 24.6. The molecule has 1 N–H and O–H groups in total. The SMILES string of the molecule is CC[C@@H](c1nnnn1C[C@H]1CCCO1)N(Cc1ccc(C)cc1)Cc1cc2cc3c(cc2[nH]c1=O)OCO3. The third-order valence-corrected chi connectivity index (χ3v) is 7.38. The Morgan fingerprint density at radius 1 is 1.13 bits per heavy atom. The highest BCUT2D eigenvalue weighted by Crippen LogP contribution is 2.35. The van der Waals surface area contributed by atoms with E-state index in [0.29, 0.717) is 36.7 Å². The first-order valence-corrected chi connectivity index (χ1v) is 13.2. The zero-order valence-electron chi connectivity index (χ0n) is 21.7. The average molecular weight is 517 g/mol. The predicted molar refractivity (Wildman–Crippen MR) is 141 cm³/mol. The van der Waals surface area contributed by atoms with Crippen LogP contribution in [0, 0.1) is 6.92 Å². The Morgan fingerprint density at radius 3 is 2.71 bits per heavy atom. The maximum Gasteiger partial charge on any atom is 0.252 e. The van der Waals surface area contributed by atoms with Crippen LogP contribution < -0.4 is 15.0 Å². The lowest BCUT2D eigenvalue weighted by Crippen LogP contribution is -2.33. The van der Waals surface area contributed by atoms with Gasteiger partial charge in [0, 0.05) is 36.7 Å². The normalized spacial score (nSPS) is 17.5. The summed E-state index contributed by atoms with van der Waals surface area (Å²) in [6, 6.07) is 14.1. The van der Waals surface area contributed by atoms with E-state index in [9.17, 15) is 4.79 Å². The fourth-order valence-corrected chi connectivity index (χ4v) is 5.35. The number of H-pyrrole nitrogens is 1. The summed E-state index contributed by atoms with van der Waals surface area (Å²) in [5.74, 6) is 2.12. The molecule has 0 saturated carbocycles. The van der Waals surface area contributed by atoms with Crippen LogP contribution in [0.25, 0.3) is 10.9 Å². The molecular formula is C28H32N6O4. The molecule has 6 rings (SSSR count). The third kappa shape index (κ3) is 5.01. The van der Waals surface area contributed by atoms with Crippen LogP contribution in [0.4, 0.5) is 0 Å².